The number of pyridine rings is 1. The molecule has 4 rings (SSSR count). The smallest absolute Gasteiger partial charge is 0.410 e. The van der Waals surface area contributed by atoms with Gasteiger partial charge in [0.05, 0.1) is 29.6 Å². The van der Waals surface area contributed by atoms with E-state index in [1.807, 2.05) is 12.1 Å². The van der Waals surface area contributed by atoms with Crippen molar-refractivity contribution in [2.75, 3.05) is 13.1 Å². The quantitative estimate of drug-likeness (QED) is 0.815. The molecule has 3 heterocycles. The van der Waals surface area contributed by atoms with Gasteiger partial charge in [-0.3, -0.25) is 9.78 Å². The molecule has 1 N–H and O–H groups in total. The third-order valence-electron chi connectivity index (χ3n) is 5.07. The van der Waals surface area contributed by atoms with Gasteiger partial charge < -0.3 is 15.0 Å². The zero-order valence-corrected chi connectivity index (χ0v) is 17.0. The fourth-order valence-corrected chi connectivity index (χ4v) is 4.97. The Balaban J connectivity index is 1.37. The Morgan fingerprint density at radius 1 is 1.23 bits per heavy atom. The molecule has 0 radical (unpaired) electrons. The molecule has 0 aliphatic carbocycles. The van der Waals surface area contributed by atoms with Gasteiger partial charge in [-0.15, -0.1) is 11.8 Å². The van der Waals surface area contributed by atoms with Crippen LogP contribution in [0, 0.1) is 17.2 Å². The number of carbonyl (C=O) groups is 2. The second kappa shape index (κ2) is 9.01. The summed E-state index contributed by atoms with van der Waals surface area (Å²) in [7, 11) is 0. The summed E-state index contributed by atoms with van der Waals surface area (Å²) in [6, 6.07) is 16.7. The summed E-state index contributed by atoms with van der Waals surface area (Å²) >= 11 is 1.45. The average molecular weight is 420 g/mol. The first kappa shape index (κ1) is 20.0. The second-order valence-corrected chi connectivity index (χ2v) is 8.22. The van der Waals surface area contributed by atoms with E-state index in [2.05, 4.69) is 16.4 Å². The number of nitrogens with zero attached hydrogens (tertiary/aromatic N) is 3. The van der Waals surface area contributed by atoms with Crippen LogP contribution in [-0.2, 0) is 11.3 Å². The van der Waals surface area contributed by atoms with Crippen LogP contribution in [0.1, 0.15) is 22.5 Å². The summed E-state index contributed by atoms with van der Waals surface area (Å²) in [5, 5.41) is 12.3. The average Bonchev–Trinajstić information content (AvgIpc) is 3.14. The third kappa shape index (κ3) is 4.31. The number of ether oxygens (including phenoxy) is 1. The highest BCUT2D eigenvalue weighted by atomic mass is 32.2. The molecular formula is C22H20N4O3S. The van der Waals surface area contributed by atoms with E-state index in [0.29, 0.717) is 30.8 Å². The first-order valence-electron chi connectivity index (χ1n) is 9.61. The fourth-order valence-electron chi connectivity index (χ4n) is 3.52. The number of hydrogen-bond acceptors (Lipinski definition) is 6. The molecule has 0 saturated heterocycles. The van der Waals surface area contributed by atoms with Gasteiger partial charge in [0.2, 0.25) is 0 Å². The molecular weight excluding hydrogens is 400 g/mol. The van der Waals surface area contributed by atoms with Crippen molar-refractivity contribution >= 4 is 23.8 Å². The molecule has 2 atom stereocenters. The minimum absolute atomic E-state index is 0.117. The van der Waals surface area contributed by atoms with Crippen LogP contribution >= 0.6 is 11.8 Å². The summed E-state index contributed by atoms with van der Waals surface area (Å²) in [5.41, 5.74) is 2.25. The molecule has 7 nitrogen and oxygen atoms in total. The van der Waals surface area contributed by atoms with Crippen molar-refractivity contribution in [3.63, 3.8) is 0 Å². The van der Waals surface area contributed by atoms with Crippen LogP contribution < -0.4 is 5.32 Å². The summed E-state index contributed by atoms with van der Waals surface area (Å²) < 4.78 is 5.38. The molecule has 2 aliphatic heterocycles. The third-order valence-corrected chi connectivity index (χ3v) is 6.39. The first-order valence-corrected chi connectivity index (χ1v) is 10.5. The van der Waals surface area contributed by atoms with Crippen molar-refractivity contribution < 1.29 is 14.3 Å². The number of rotatable bonds is 4. The molecule has 2 aliphatic rings. The van der Waals surface area contributed by atoms with E-state index in [0.717, 1.165) is 10.5 Å². The second-order valence-electron chi connectivity index (χ2n) is 6.98. The van der Waals surface area contributed by atoms with Crippen molar-refractivity contribution in [3.05, 3.63) is 76.5 Å². The Morgan fingerprint density at radius 3 is 2.77 bits per heavy atom. The molecule has 0 spiro atoms. The monoisotopic (exact) mass is 420 g/mol. The Hall–Kier alpha value is -3.31. The van der Waals surface area contributed by atoms with Crippen LogP contribution in [0.4, 0.5) is 4.79 Å². The van der Waals surface area contributed by atoms with Crippen LogP contribution in [0.15, 0.2) is 65.2 Å². The van der Waals surface area contributed by atoms with Gasteiger partial charge in [-0.05, 0) is 36.3 Å². The van der Waals surface area contributed by atoms with Gasteiger partial charge in [-0.25, -0.2) is 4.79 Å². The van der Waals surface area contributed by atoms with Gasteiger partial charge in [0.1, 0.15) is 6.61 Å². The molecule has 0 bridgehead atoms. The van der Waals surface area contributed by atoms with Crippen LogP contribution in [0.3, 0.4) is 0 Å². The van der Waals surface area contributed by atoms with Gasteiger partial charge in [0, 0.05) is 23.2 Å². The molecule has 2 aromatic rings. The van der Waals surface area contributed by atoms with Gasteiger partial charge in [-0.2, -0.15) is 5.26 Å². The number of amides is 2. The Labute approximate surface area is 178 Å². The maximum absolute atomic E-state index is 12.5. The van der Waals surface area contributed by atoms with Gasteiger partial charge >= 0.3 is 6.09 Å². The van der Waals surface area contributed by atoms with E-state index >= 15 is 0 Å². The highest BCUT2D eigenvalue weighted by Crippen LogP contribution is 2.44. The Bertz CT molecular complexity index is 1000. The zero-order valence-electron chi connectivity index (χ0n) is 16.2. The van der Waals surface area contributed by atoms with Crippen LogP contribution in [0.25, 0.3) is 0 Å². The molecule has 2 amide bonds. The molecule has 0 saturated carbocycles. The summed E-state index contributed by atoms with van der Waals surface area (Å²) in [5.74, 6) is -0.607. The number of carbonyl (C=O) groups excluding carboxylic acids is 2. The maximum Gasteiger partial charge on any atom is 0.410 e. The number of nitrogens with one attached hydrogen (secondary N) is 1. The van der Waals surface area contributed by atoms with Crippen LogP contribution in [-0.4, -0.2) is 40.3 Å². The molecule has 152 valence electrons. The number of benzene rings is 1. The normalized spacial score (nSPS) is 20.3. The Morgan fingerprint density at radius 2 is 2.03 bits per heavy atom. The topological polar surface area (TPSA) is 95.3 Å². The lowest BCUT2D eigenvalue weighted by Crippen LogP contribution is -2.37. The molecule has 30 heavy (non-hydrogen) atoms. The largest absolute Gasteiger partial charge is 0.443 e. The maximum atomic E-state index is 12.5. The van der Waals surface area contributed by atoms with E-state index < -0.39 is 12.0 Å². The summed E-state index contributed by atoms with van der Waals surface area (Å²) in [6.07, 6.45) is 1.84. The summed E-state index contributed by atoms with van der Waals surface area (Å²) in [4.78, 5) is 31.7. The minimum atomic E-state index is -0.405. The van der Waals surface area contributed by atoms with E-state index in [4.69, 9.17) is 4.74 Å². The molecule has 8 heteroatoms. The van der Waals surface area contributed by atoms with E-state index in [9.17, 15) is 14.9 Å². The molecule has 0 fully saturated rings. The lowest BCUT2D eigenvalue weighted by molar-refractivity contribution is 0.0947. The predicted molar refractivity (Wildman–Crippen MR) is 112 cm³/mol. The number of hydrogen-bond donors (Lipinski definition) is 1. The highest BCUT2D eigenvalue weighted by Gasteiger charge is 2.40. The van der Waals surface area contributed by atoms with E-state index in [1.165, 1.54) is 11.8 Å². The number of nitriles is 1. The Kier molecular flexibility index (Phi) is 6.00. The van der Waals surface area contributed by atoms with Crippen LogP contribution in [0.2, 0.25) is 0 Å². The van der Waals surface area contributed by atoms with Crippen LogP contribution in [0.5, 0.6) is 0 Å². The SMILES string of the molecule is N#CC1C2=C(CN(C(=O)OCc3ccccn3)CC2)SC1NC(=O)c1ccccc1. The van der Waals surface area contributed by atoms with Crippen molar-refractivity contribution in [3.8, 4) is 6.07 Å². The standard InChI is InChI=1S/C22H20N4O3S/c23-12-18-17-9-11-26(22(28)29-14-16-8-4-5-10-24-16)13-19(17)30-21(18)25-20(27)15-6-2-1-3-7-15/h1-8,10,18,21H,9,11,13-14H2,(H,25,27). The van der Waals surface area contributed by atoms with Gasteiger partial charge in [-0.1, -0.05) is 24.3 Å². The van der Waals surface area contributed by atoms with Crippen molar-refractivity contribution in [1.29, 1.82) is 5.26 Å². The fraction of sp³-hybridized carbons (Fsp3) is 0.273. The van der Waals surface area contributed by atoms with E-state index in [1.54, 1.807) is 47.5 Å². The lowest BCUT2D eigenvalue weighted by Gasteiger charge is -2.27. The zero-order chi connectivity index (χ0) is 20.9. The van der Waals surface area contributed by atoms with E-state index in [-0.39, 0.29) is 17.9 Å². The molecule has 1 aromatic carbocycles. The number of aromatic nitrogens is 1. The van der Waals surface area contributed by atoms with Crippen molar-refractivity contribution in [2.24, 2.45) is 5.92 Å². The summed E-state index contributed by atoms with van der Waals surface area (Å²) in [6.45, 7) is 0.987. The first-order chi connectivity index (χ1) is 14.7. The lowest BCUT2D eigenvalue weighted by atomic mass is 9.94. The highest BCUT2D eigenvalue weighted by molar-refractivity contribution is 8.04. The van der Waals surface area contributed by atoms with Crippen molar-refractivity contribution in [2.45, 2.75) is 18.4 Å². The van der Waals surface area contributed by atoms with Gasteiger partial charge in [0.25, 0.3) is 5.91 Å². The predicted octanol–water partition coefficient (Wildman–Crippen LogP) is 3.32. The van der Waals surface area contributed by atoms with Gasteiger partial charge in [0.15, 0.2) is 0 Å². The molecule has 1 aromatic heterocycles. The van der Waals surface area contributed by atoms with Crippen molar-refractivity contribution in [1.82, 2.24) is 15.2 Å². The number of thioether (sulfide) groups is 1. The molecule has 2 unspecified atom stereocenters. The minimum Gasteiger partial charge on any atom is -0.443 e.